The van der Waals surface area contributed by atoms with Crippen molar-refractivity contribution in [1.29, 1.82) is 0 Å². The summed E-state index contributed by atoms with van der Waals surface area (Å²) in [6.07, 6.45) is 6.76. The van der Waals surface area contributed by atoms with Crippen molar-refractivity contribution in [2.45, 2.75) is 24.5 Å². The van der Waals surface area contributed by atoms with Crippen LogP contribution < -0.4 is 0 Å². The number of allylic oxidation sites excluding steroid dienone is 1. The monoisotopic (exact) mass is 114 g/mol. The number of thiol groups is 1. The molecule has 0 amide bonds. The van der Waals surface area contributed by atoms with Crippen LogP contribution in [0.15, 0.2) is 12.2 Å². The van der Waals surface area contributed by atoms with Gasteiger partial charge in [-0.1, -0.05) is 12.2 Å². The van der Waals surface area contributed by atoms with Crippen LogP contribution in [0, 0.1) is 0 Å². The third-order valence-electron chi connectivity index (χ3n) is 1.29. The quantitative estimate of drug-likeness (QED) is 0.361. The first-order valence-electron chi connectivity index (χ1n) is 2.61. The molecule has 1 aliphatic carbocycles. The second-order valence-electron chi connectivity index (χ2n) is 2.30. The van der Waals surface area contributed by atoms with Crippen LogP contribution in [0.5, 0.6) is 0 Å². The van der Waals surface area contributed by atoms with Crippen LogP contribution in [0.25, 0.3) is 0 Å². The molecule has 0 nitrogen and oxygen atoms in total. The molecule has 0 bridgehead atoms. The average Bonchev–Trinajstić information content (AvgIpc) is 1.84. The maximum absolute atomic E-state index is 4.36. The van der Waals surface area contributed by atoms with Crippen molar-refractivity contribution in [3.05, 3.63) is 12.2 Å². The van der Waals surface area contributed by atoms with Crippen LogP contribution in [0.4, 0.5) is 0 Å². The molecule has 0 fully saturated rings. The van der Waals surface area contributed by atoms with Gasteiger partial charge in [-0.05, 0) is 19.8 Å². The molecule has 1 heteroatoms. The lowest BCUT2D eigenvalue weighted by atomic mass is 10.1. The molecule has 0 heterocycles. The van der Waals surface area contributed by atoms with Gasteiger partial charge in [0, 0.05) is 4.75 Å². The summed E-state index contributed by atoms with van der Waals surface area (Å²) in [6, 6.07) is 0. The molecular formula is C6H10S. The van der Waals surface area contributed by atoms with E-state index in [1.165, 1.54) is 12.8 Å². The predicted octanol–water partition coefficient (Wildman–Crippen LogP) is 2.02. The number of hydrogen-bond donors (Lipinski definition) is 1. The van der Waals surface area contributed by atoms with Gasteiger partial charge in [-0.2, -0.15) is 12.6 Å². The highest BCUT2D eigenvalue weighted by Crippen LogP contribution is 2.27. The lowest BCUT2D eigenvalue weighted by molar-refractivity contribution is 0.761. The molecule has 40 valence electrons. The van der Waals surface area contributed by atoms with E-state index in [0.717, 1.165) is 0 Å². The van der Waals surface area contributed by atoms with Crippen molar-refractivity contribution in [1.82, 2.24) is 0 Å². The molecule has 0 aromatic heterocycles. The van der Waals surface area contributed by atoms with Crippen molar-refractivity contribution in [3.63, 3.8) is 0 Å². The first-order valence-corrected chi connectivity index (χ1v) is 3.05. The summed E-state index contributed by atoms with van der Waals surface area (Å²) in [7, 11) is 0. The van der Waals surface area contributed by atoms with Crippen LogP contribution in [0.3, 0.4) is 0 Å². The van der Waals surface area contributed by atoms with Gasteiger partial charge in [-0.3, -0.25) is 0 Å². The van der Waals surface area contributed by atoms with Crippen LogP contribution in [0.2, 0.25) is 0 Å². The smallest absolute Gasteiger partial charge is 0.0283 e. The Morgan fingerprint density at radius 3 is 2.57 bits per heavy atom. The van der Waals surface area contributed by atoms with E-state index in [2.05, 4.69) is 31.7 Å². The molecule has 0 saturated heterocycles. The third-order valence-corrected chi connectivity index (χ3v) is 1.67. The van der Waals surface area contributed by atoms with Gasteiger partial charge in [0.05, 0.1) is 0 Å². The number of rotatable bonds is 0. The van der Waals surface area contributed by atoms with Crippen LogP contribution >= 0.6 is 12.6 Å². The topological polar surface area (TPSA) is 0 Å². The highest BCUT2D eigenvalue weighted by atomic mass is 32.1. The molecule has 1 atom stereocenters. The second kappa shape index (κ2) is 1.55. The van der Waals surface area contributed by atoms with Gasteiger partial charge in [0.25, 0.3) is 0 Å². The maximum atomic E-state index is 4.36. The van der Waals surface area contributed by atoms with E-state index in [-0.39, 0.29) is 4.75 Å². The first kappa shape index (κ1) is 5.23. The molecule has 0 saturated carbocycles. The van der Waals surface area contributed by atoms with Crippen LogP contribution in [-0.4, -0.2) is 4.75 Å². The van der Waals surface area contributed by atoms with Crippen LogP contribution in [-0.2, 0) is 0 Å². The molecule has 0 aliphatic heterocycles. The van der Waals surface area contributed by atoms with Gasteiger partial charge in [0.15, 0.2) is 0 Å². The SMILES string of the molecule is CC1(S)C=CCC1. The summed E-state index contributed by atoms with van der Waals surface area (Å²) in [5.41, 5.74) is 0. The van der Waals surface area contributed by atoms with Crippen molar-refractivity contribution in [2.24, 2.45) is 0 Å². The van der Waals surface area contributed by atoms with E-state index in [9.17, 15) is 0 Å². The standard InChI is InChI=1S/C6H10S/c1-6(7)4-2-3-5-6/h2,4,7H,3,5H2,1H3. The minimum absolute atomic E-state index is 0.208. The average molecular weight is 114 g/mol. The van der Waals surface area contributed by atoms with Crippen molar-refractivity contribution in [2.75, 3.05) is 0 Å². The molecule has 0 N–H and O–H groups in total. The highest BCUT2D eigenvalue weighted by Gasteiger charge is 2.17. The summed E-state index contributed by atoms with van der Waals surface area (Å²) < 4.78 is 0.208. The third kappa shape index (κ3) is 1.23. The summed E-state index contributed by atoms with van der Waals surface area (Å²) >= 11 is 4.36. The fourth-order valence-corrected chi connectivity index (χ4v) is 1.03. The van der Waals surface area contributed by atoms with E-state index in [1.54, 1.807) is 0 Å². The zero-order valence-corrected chi connectivity index (χ0v) is 5.41. The summed E-state index contributed by atoms with van der Waals surface area (Å²) in [5, 5.41) is 0. The van der Waals surface area contributed by atoms with E-state index in [1.807, 2.05) is 0 Å². The van der Waals surface area contributed by atoms with Gasteiger partial charge >= 0.3 is 0 Å². The minimum atomic E-state index is 0.208. The molecule has 0 spiro atoms. The van der Waals surface area contributed by atoms with Gasteiger partial charge in [0.2, 0.25) is 0 Å². The molecule has 1 unspecified atom stereocenters. The first-order chi connectivity index (χ1) is 3.21. The lowest BCUT2D eigenvalue weighted by Crippen LogP contribution is -2.06. The second-order valence-corrected chi connectivity index (χ2v) is 3.32. The molecule has 0 radical (unpaired) electrons. The Balaban J connectivity index is 2.57. The Bertz CT molecular complexity index is 92.4. The summed E-state index contributed by atoms with van der Waals surface area (Å²) in [4.78, 5) is 0. The van der Waals surface area contributed by atoms with Gasteiger partial charge in [-0.25, -0.2) is 0 Å². The van der Waals surface area contributed by atoms with Crippen molar-refractivity contribution >= 4 is 12.6 Å². The predicted molar refractivity (Wildman–Crippen MR) is 35.8 cm³/mol. The van der Waals surface area contributed by atoms with E-state index < -0.39 is 0 Å². The maximum Gasteiger partial charge on any atom is 0.0283 e. The summed E-state index contributed by atoms with van der Waals surface area (Å²) in [6.45, 7) is 2.14. The molecule has 7 heavy (non-hydrogen) atoms. The Labute approximate surface area is 50.0 Å². The van der Waals surface area contributed by atoms with Gasteiger partial charge in [-0.15, -0.1) is 0 Å². The normalized spacial score (nSPS) is 39.7. The van der Waals surface area contributed by atoms with Crippen LogP contribution in [0.1, 0.15) is 19.8 Å². The Morgan fingerprint density at radius 1 is 1.71 bits per heavy atom. The fraction of sp³-hybridized carbons (Fsp3) is 0.667. The van der Waals surface area contributed by atoms with Crippen molar-refractivity contribution in [3.8, 4) is 0 Å². The van der Waals surface area contributed by atoms with E-state index in [4.69, 9.17) is 0 Å². The molecular weight excluding hydrogens is 104 g/mol. The van der Waals surface area contributed by atoms with E-state index >= 15 is 0 Å². The van der Waals surface area contributed by atoms with Gasteiger partial charge in [0.1, 0.15) is 0 Å². The minimum Gasteiger partial charge on any atom is -0.169 e. The molecule has 0 aromatic rings. The molecule has 1 aliphatic rings. The molecule has 1 rings (SSSR count). The highest BCUT2D eigenvalue weighted by molar-refractivity contribution is 7.82. The Hall–Kier alpha value is 0.0900. The molecule has 0 aromatic carbocycles. The van der Waals surface area contributed by atoms with Gasteiger partial charge < -0.3 is 0 Å². The van der Waals surface area contributed by atoms with E-state index in [0.29, 0.717) is 0 Å². The summed E-state index contributed by atoms with van der Waals surface area (Å²) in [5.74, 6) is 0. The zero-order valence-electron chi connectivity index (χ0n) is 4.52. The van der Waals surface area contributed by atoms with Crippen molar-refractivity contribution < 1.29 is 0 Å². The Morgan fingerprint density at radius 2 is 2.43 bits per heavy atom. The zero-order chi connectivity index (χ0) is 5.33. The Kier molecular flexibility index (Phi) is 1.16. The largest absolute Gasteiger partial charge is 0.169 e. The number of hydrogen-bond acceptors (Lipinski definition) is 1. The fourth-order valence-electron chi connectivity index (χ4n) is 0.796. The lowest BCUT2D eigenvalue weighted by Gasteiger charge is -2.10.